The number of aromatic nitrogens is 1. The van der Waals surface area contributed by atoms with E-state index >= 15 is 0 Å². The number of pyridine rings is 1. The molecule has 2 atom stereocenters. The van der Waals surface area contributed by atoms with Crippen LogP contribution in [0.1, 0.15) is 17.5 Å². The summed E-state index contributed by atoms with van der Waals surface area (Å²) in [5.74, 6) is -0.991. The van der Waals surface area contributed by atoms with Crippen LogP contribution >= 0.6 is 0 Å². The van der Waals surface area contributed by atoms with Gasteiger partial charge in [-0.1, -0.05) is 0 Å². The molecule has 1 aromatic heterocycles. The topological polar surface area (TPSA) is 19.4 Å². The molecule has 3 nitrogen and oxygen atoms in total. The van der Waals surface area contributed by atoms with Crippen LogP contribution in [-0.4, -0.2) is 40.0 Å². The van der Waals surface area contributed by atoms with Crippen molar-refractivity contribution >= 4 is 0 Å². The third-order valence-corrected chi connectivity index (χ3v) is 4.86. The van der Waals surface area contributed by atoms with E-state index in [1.165, 1.54) is 24.1 Å². The number of piperidine rings is 1. The molecule has 120 valence electrons. The molecule has 0 saturated carbocycles. The molecule has 0 spiro atoms. The van der Waals surface area contributed by atoms with Crippen molar-refractivity contribution in [1.29, 1.82) is 0 Å². The summed E-state index contributed by atoms with van der Waals surface area (Å²) in [5, 5.41) is 0. The second kappa shape index (κ2) is 5.98. The van der Waals surface area contributed by atoms with Gasteiger partial charge in [0.15, 0.2) is 0 Å². The van der Waals surface area contributed by atoms with Crippen molar-refractivity contribution in [1.82, 2.24) is 14.8 Å². The Morgan fingerprint density at radius 3 is 2.22 bits per heavy atom. The van der Waals surface area contributed by atoms with Gasteiger partial charge in [-0.05, 0) is 41.8 Å². The molecular weight excluding hydrogens is 296 g/mol. The summed E-state index contributed by atoms with van der Waals surface area (Å²) < 4.78 is 26.6. The molecule has 23 heavy (non-hydrogen) atoms. The maximum atomic E-state index is 13.3. The summed E-state index contributed by atoms with van der Waals surface area (Å²) in [4.78, 5) is 8.87. The highest BCUT2D eigenvalue weighted by molar-refractivity contribution is 5.19. The van der Waals surface area contributed by atoms with E-state index in [0.29, 0.717) is 18.6 Å². The monoisotopic (exact) mass is 315 g/mol. The van der Waals surface area contributed by atoms with Gasteiger partial charge in [-0.15, -0.1) is 0 Å². The first-order valence-electron chi connectivity index (χ1n) is 7.99. The molecule has 5 rings (SSSR count). The average Bonchev–Trinajstić information content (AvgIpc) is 2.53. The number of benzene rings is 1. The summed E-state index contributed by atoms with van der Waals surface area (Å²) in [6.07, 6.45) is 4.83. The normalized spacial score (nSPS) is 24.4. The Morgan fingerprint density at radius 2 is 1.57 bits per heavy atom. The molecule has 2 bridgehead atoms. The fourth-order valence-corrected chi connectivity index (χ4v) is 3.82. The molecule has 2 unspecified atom stereocenters. The molecule has 3 fully saturated rings. The lowest BCUT2D eigenvalue weighted by atomic mass is 9.86. The highest BCUT2D eigenvalue weighted by atomic mass is 19.1. The second-order valence-electron chi connectivity index (χ2n) is 6.54. The molecule has 0 aliphatic carbocycles. The molecule has 5 heteroatoms. The molecule has 3 aliphatic heterocycles. The van der Waals surface area contributed by atoms with Crippen LogP contribution in [0.3, 0.4) is 0 Å². The number of halogens is 2. The van der Waals surface area contributed by atoms with Crippen molar-refractivity contribution in [3.63, 3.8) is 0 Å². The first kappa shape index (κ1) is 14.7. The lowest BCUT2D eigenvalue weighted by Crippen LogP contribution is -2.67. The van der Waals surface area contributed by atoms with Gasteiger partial charge in [0.1, 0.15) is 11.6 Å². The van der Waals surface area contributed by atoms with Gasteiger partial charge >= 0.3 is 0 Å². The van der Waals surface area contributed by atoms with Crippen molar-refractivity contribution in [3.8, 4) is 0 Å². The van der Waals surface area contributed by atoms with E-state index in [1.807, 2.05) is 24.5 Å². The first-order chi connectivity index (χ1) is 11.2. The van der Waals surface area contributed by atoms with Crippen LogP contribution in [0.5, 0.6) is 0 Å². The van der Waals surface area contributed by atoms with Crippen LogP contribution in [0.15, 0.2) is 42.7 Å². The van der Waals surface area contributed by atoms with Crippen LogP contribution in [0.2, 0.25) is 0 Å². The van der Waals surface area contributed by atoms with E-state index in [1.54, 1.807) is 0 Å². The lowest BCUT2D eigenvalue weighted by Gasteiger charge is -2.56. The summed E-state index contributed by atoms with van der Waals surface area (Å²) in [6, 6.07) is 8.87. The van der Waals surface area contributed by atoms with E-state index < -0.39 is 11.6 Å². The fraction of sp³-hybridized carbons (Fsp3) is 0.389. The summed E-state index contributed by atoms with van der Waals surface area (Å²) in [7, 11) is 0. The maximum Gasteiger partial charge on any atom is 0.126 e. The lowest BCUT2D eigenvalue weighted by molar-refractivity contribution is -0.0775. The van der Waals surface area contributed by atoms with Crippen molar-refractivity contribution < 1.29 is 8.78 Å². The molecule has 3 saturated heterocycles. The van der Waals surface area contributed by atoms with Gasteiger partial charge in [0.05, 0.1) is 0 Å². The van der Waals surface area contributed by atoms with Crippen molar-refractivity contribution in [3.05, 3.63) is 65.5 Å². The molecule has 0 N–H and O–H groups in total. The molecule has 4 heterocycles. The molecule has 0 amide bonds. The zero-order valence-electron chi connectivity index (χ0n) is 12.8. The average molecular weight is 315 g/mol. The van der Waals surface area contributed by atoms with E-state index in [9.17, 15) is 8.78 Å². The van der Waals surface area contributed by atoms with Crippen molar-refractivity contribution in [2.75, 3.05) is 13.1 Å². The highest BCUT2D eigenvalue weighted by Gasteiger charge is 2.44. The third-order valence-electron chi connectivity index (χ3n) is 4.86. The summed E-state index contributed by atoms with van der Waals surface area (Å²) in [6.45, 7) is 3.60. The number of piperazine rings is 1. The smallest absolute Gasteiger partial charge is 0.126 e. The van der Waals surface area contributed by atoms with Crippen LogP contribution in [0.4, 0.5) is 8.78 Å². The molecule has 1 aromatic carbocycles. The number of rotatable bonds is 4. The van der Waals surface area contributed by atoms with E-state index in [2.05, 4.69) is 14.8 Å². The van der Waals surface area contributed by atoms with Gasteiger partial charge < -0.3 is 0 Å². The van der Waals surface area contributed by atoms with Crippen molar-refractivity contribution in [2.45, 2.75) is 31.6 Å². The molecule has 2 aromatic rings. The van der Waals surface area contributed by atoms with Crippen LogP contribution in [0.25, 0.3) is 0 Å². The van der Waals surface area contributed by atoms with Crippen LogP contribution < -0.4 is 0 Å². The molecular formula is C18H19F2N3. The highest BCUT2D eigenvalue weighted by Crippen LogP contribution is 2.34. The first-order valence-corrected chi connectivity index (χ1v) is 7.99. The Hall–Kier alpha value is -1.85. The van der Waals surface area contributed by atoms with Crippen LogP contribution in [0, 0.1) is 11.6 Å². The summed E-state index contributed by atoms with van der Waals surface area (Å²) >= 11 is 0. The Kier molecular flexibility index (Phi) is 3.83. The number of nitrogens with zero attached hydrogens (tertiary/aromatic N) is 3. The number of fused-ring (bicyclic) bond motifs is 2. The zero-order valence-corrected chi connectivity index (χ0v) is 12.8. The standard InChI is InChI=1S/C18H19F2N3/c19-15-5-14(6-16(20)7-15)10-23-17-8-18(23)12-22(11-17)9-13-1-3-21-4-2-13/h1-7,17-18H,8-12H2. The van der Waals surface area contributed by atoms with Gasteiger partial charge in [-0.2, -0.15) is 0 Å². The minimum absolute atomic E-state index is 0.488. The van der Waals surface area contributed by atoms with Gasteiger partial charge in [0.25, 0.3) is 0 Å². The Morgan fingerprint density at radius 1 is 0.913 bits per heavy atom. The van der Waals surface area contributed by atoms with Gasteiger partial charge in [-0.25, -0.2) is 8.78 Å². The largest absolute Gasteiger partial charge is 0.296 e. The van der Waals surface area contributed by atoms with E-state index in [-0.39, 0.29) is 0 Å². The summed E-state index contributed by atoms with van der Waals surface area (Å²) in [5.41, 5.74) is 2.00. The van der Waals surface area contributed by atoms with E-state index in [4.69, 9.17) is 0 Å². The predicted molar refractivity (Wildman–Crippen MR) is 83.6 cm³/mol. The number of hydrogen-bond acceptors (Lipinski definition) is 3. The van der Waals surface area contributed by atoms with Crippen molar-refractivity contribution in [2.24, 2.45) is 0 Å². The molecule has 0 radical (unpaired) electrons. The minimum Gasteiger partial charge on any atom is -0.296 e. The molecule has 3 aliphatic rings. The quantitative estimate of drug-likeness (QED) is 0.865. The Labute approximate surface area is 134 Å². The van der Waals surface area contributed by atoms with Gasteiger partial charge in [0.2, 0.25) is 0 Å². The third kappa shape index (κ3) is 3.12. The SMILES string of the molecule is Fc1cc(F)cc(CN2C3CC2CN(Cc2ccncc2)C3)c1. The Bertz CT molecular complexity index is 660. The van der Waals surface area contributed by atoms with Gasteiger partial charge in [-0.3, -0.25) is 14.8 Å². The Balaban J connectivity index is 1.38. The zero-order chi connectivity index (χ0) is 15.8. The van der Waals surface area contributed by atoms with E-state index in [0.717, 1.165) is 31.3 Å². The number of hydrogen-bond donors (Lipinski definition) is 0. The van der Waals surface area contributed by atoms with Gasteiger partial charge in [0, 0.05) is 56.7 Å². The fourth-order valence-electron chi connectivity index (χ4n) is 3.82. The maximum absolute atomic E-state index is 13.3. The second-order valence-corrected chi connectivity index (χ2v) is 6.54. The minimum atomic E-state index is -0.495. The van der Waals surface area contributed by atoms with Crippen LogP contribution in [-0.2, 0) is 13.1 Å². The predicted octanol–water partition coefficient (Wildman–Crippen LogP) is 2.82.